The molecule has 24 heavy (non-hydrogen) atoms. The number of hydrogen-bond donors (Lipinski definition) is 0. The fourth-order valence-electron chi connectivity index (χ4n) is 2.67. The normalized spacial score (nSPS) is 17.6. The molecule has 6 heteroatoms. The molecule has 0 bridgehead atoms. The predicted octanol–water partition coefficient (Wildman–Crippen LogP) is 4.22. The van der Waals surface area contributed by atoms with Crippen molar-refractivity contribution in [2.75, 3.05) is 26.8 Å². The second kappa shape index (κ2) is 7.43. The Morgan fingerprint density at radius 3 is 2.58 bits per heavy atom. The molecule has 1 atom stereocenters. The maximum atomic E-state index is 12.7. The Balaban J connectivity index is 1.74. The van der Waals surface area contributed by atoms with Gasteiger partial charge in [0.25, 0.3) is 5.91 Å². The van der Waals surface area contributed by atoms with E-state index < -0.39 is 0 Å². The van der Waals surface area contributed by atoms with Crippen LogP contribution < -0.4 is 4.74 Å². The van der Waals surface area contributed by atoms with Crippen LogP contribution in [0.15, 0.2) is 42.5 Å². The average molecular weight is 366 g/mol. The molecule has 1 amide bonds. The summed E-state index contributed by atoms with van der Waals surface area (Å²) in [4.78, 5) is 14.5. The van der Waals surface area contributed by atoms with Crippen LogP contribution in [0, 0.1) is 0 Å². The first kappa shape index (κ1) is 17.1. The second-order valence-electron chi connectivity index (χ2n) is 5.51. The van der Waals surface area contributed by atoms with Crippen LogP contribution in [-0.2, 0) is 4.74 Å². The van der Waals surface area contributed by atoms with E-state index in [1.807, 2.05) is 24.3 Å². The van der Waals surface area contributed by atoms with Gasteiger partial charge in [0.1, 0.15) is 11.9 Å². The SMILES string of the molecule is COc1ccc(C2CN(C(=O)c3ccc(Cl)c(Cl)c3)CCO2)cc1. The second-order valence-corrected chi connectivity index (χ2v) is 6.33. The third kappa shape index (κ3) is 3.66. The number of benzene rings is 2. The lowest BCUT2D eigenvalue weighted by molar-refractivity contribution is -0.0228. The smallest absolute Gasteiger partial charge is 0.254 e. The van der Waals surface area contributed by atoms with Gasteiger partial charge in [-0.15, -0.1) is 0 Å². The number of rotatable bonds is 3. The highest BCUT2D eigenvalue weighted by atomic mass is 35.5. The predicted molar refractivity (Wildman–Crippen MR) is 94.1 cm³/mol. The van der Waals surface area contributed by atoms with Gasteiger partial charge in [-0.25, -0.2) is 0 Å². The van der Waals surface area contributed by atoms with Crippen molar-refractivity contribution in [1.29, 1.82) is 0 Å². The van der Waals surface area contributed by atoms with Crippen molar-refractivity contribution in [1.82, 2.24) is 4.90 Å². The molecule has 1 saturated heterocycles. The molecule has 0 saturated carbocycles. The first-order valence-corrected chi connectivity index (χ1v) is 8.34. The molecule has 4 nitrogen and oxygen atoms in total. The number of ether oxygens (including phenoxy) is 2. The molecule has 0 aromatic heterocycles. The Morgan fingerprint density at radius 1 is 1.17 bits per heavy atom. The molecule has 3 rings (SSSR count). The minimum absolute atomic E-state index is 0.0737. The molecule has 0 N–H and O–H groups in total. The van der Waals surface area contributed by atoms with Crippen LogP contribution in [0.2, 0.25) is 10.0 Å². The van der Waals surface area contributed by atoms with Crippen LogP contribution in [-0.4, -0.2) is 37.6 Å². The highest BCUT2D eigenvalue weighted by Crippen LogP contribution is 2.27. The number of nitrogens with zero attached hydrogens (tertiary/aromatic N) is 1. The standard InChI is InChI=1S/C18H17Cl2NO3/c1-23-14-5-2-12(3-6-14)17-11-21(8-9-24-17)18(22)13-4-7-15(19)16(20)10-13/h2-7,10,17H,8-9,11H2,1H3. The summed E-state index contributed by atoms with van der Waals surface area (Å²) in [7, 11) is 1.63. The topological polar surface area (TPSA) is 38.8 Å². The lowest BCUT2D eigenvalue weighted by Crippen LogP contribution is -2.42. The van der Waals surface area contributed by atoms with Crippen LogP contribution >= 0.6 is 23.2 Å². The minimum Gasteiger partial charge on any atom is -0.497 e. The van der Waals surface area contributed by atoms with E-state index in [1.165, 1.54) is 0 Å². The molecule has 1 heterocycles. The van der Waals surface area contributed by atoms with Crippen molar-refractivity contribution < 1.29 is 14.3 Å². The summed E-state index contributed by atoms with van der Waals surface area (Å²) in [6, 6.07) is 12.6. The molecule has 2 aromatic rings. The van der Waals surface area contributed by atoms with E-state index in [4.69, 9.17) is 32.7 Å². The van der Waals surface area contributed by atoms with Crippen LogP contribution in [0.5, 0.6) is 5.75 Å². The molecule has 0 aliphatic carbocycles. The van der Waals surface area contributed by atoms with Gasteiger partial charge in [0.2, 0.25) is 0 Å². The maximum absolute atomic E-state index is 12.7. The molecule has 0 radical (unpaired) electrons. The lowest BCUT2D eigenvalue weighted by Gasteiger charge is -2.33. The summed E-state index contributed by atoms with van der Waals surface area (Å²) in [6.45, 7) is 1.53. The van der Waals surface area contributed by atoms with Crippen molar-refractivity contribution in [3.05, 3.63) is 63.6 Å². The van der Waals surface area contributed by atoms with Crippen molar-refractivity contribution in [2.45, 2.75) is 6.10 Å². The Bertz CT molecular complexity index is 734. The van der Waals surface area contributed by atoms with Crippen LogP contribution in [0.3, 0.4) is 0 Å². The summed E-state index contributed by atoms with van der Waals surface area (Å²) < 4.78 is 11.0. The fourth-order valence-corrected chi connectivity index (χ4v) is 2.96. The Kier molecular flexibility index (Phi) is 5.29. The van der Waals surface area contributed by atoms with E-state index in [0.717, 1.165) is 11.3 Å². The number of amides is 1. The minimum atomic E-state index is -0.156. The van der Waals surface area contributed by atoms with Gasteiger partial charge >= 0.3 is 0 Å². The molecule has 1 aliphatic rings. The summed E-state index contributed by atoms with van der Waals surface area (Å²) in [6.07, 6.45) is -0.156. The number of methoxy groups -OCH3 is 1. The Labute approximate surface area is 150 Å². The van der Waals surface area contributed by atoms with E-state index in [1.54, 1.807) is 30.2 Å². The number of carbonyl (C=O) groups excluding carboxylic acids is 1. The lowest BCUT2D eigenvalue weighted by atomic mass is 10.1. The van der Waals surface area contributed by atoms with Crippen molar-refractivity contribution in [2.24, 2.45) is 0 Å². The monoisotopic (exact) mass is 365 g/mol. The zero-order chi connectivity index (χ0) is 17.1. The molecular weight excluding hydrogens is 349 g/mol. The van der Waals surface area contributed by atoms with Crippen molar-refractivity contribution >= 4 is 29.1 Å². The van der Waals surface area contributed by atoms with E-state index in [2.05, 4.69) is 0 Å². The molecule has 126 valence electrons. The molecular formula is C18H17Cl2NO3. The van der Waals surface area contributed by atoms with Gasteiger partial charge in [-0.3, -0.25) is 4.79 Å². The summed E-state index contributed by atoms with van der Waals surface area (Å²) in [5.74, 6) is 0.716. The van der Waals surface area contributed by atoms with E-state index in [0.29, 0.717) is 35.3 Å². The highest BCUT2D eigenvalue weighted by Gasteiger charge is 2.26. The summed E-state index contributed by atoms with van der Waals surface area (Å²) in [5, 5.41) is 0.814. The number of carbonyl (C=O) groups is 1. The molecule has 2 aromatic carbocycles. The highest BCUT2D eigenvalue weighted by molar-refractivity contribution is 6.42. The van der Waals surface area contributed by atoms with E-state index >= 15 is 0 Å². The van der Waals surface area contributed by atoms with Crippen LogP contribution in [0.1, 0.15) is 22.0 Å². The molecule has 0 spiro atoms. The quantitative estimate of drug-likeness (QED) is 0.817. The number of hydrogen-bond acceptors (Lipinski definition) is 3. The Morgan fingerprint density at radius 2 is 1.92 bits per heavy atom. The van der Waals surface area contributed by atoms with Gasteiger partial charge in [-0.2, -0.15) is 0 Å². The first-order chi connectivity index (χ1) is 11.6. The third-order valence-corrected chi connectivity index (χ3v) is 4.75. The van der Waals surface area contributed by atoms with Crippen molar-refractivity contribution in [3.8, 4) is 5.75 Å². The first-order valence-electron chi connectivity index (χ1n) is 7.58. The summed E-state index contributed by atoms with van der Waals surface area (Å²) in [5.41, 5.74) is 1.54. The van der Waals surface area contributed by atoms with Gasteiger partial charge in [0.15, 0.2) is 0 Å². The number of halogens is 2. The van der Waals surface area contributed by atoms with E-state index in [-0.39, 0.29) is 12.0 Å². The van der Waals surface area contributed by atoms with Gasteiger partial charge in [0.05, 0.1) is 30.3 Å². The van der Waals surface area contributed by atoms with Crippen molar-refractivity contribution in [3.63, 3.8) is 0 Å². The van der Waals surface area contributed by atoms with Gasteiger partial charge in [-0.1, -0.05) is 35.3 Å². The van der Waals surface area contributed by atoms with Gasteiger partial charge in [-0.05, 0) is 35.9 Å². The zero-order valence-electron chi connectivity index (χ0n) is 13.2. The maximum Gasteiger partial charge on any atom is 0.254 e. The third-order valence-electron chi connectivity index (χ3n) is 4.01. The van der Waals surface area contributed by atoms with Crippen LogP contribution in [0.25, 0.3) is 0 Å². The fraction of sp³-hybridized carbons (Fsp3) is 0.278. The largest absolute Gasteiger partial charge is 0.497 e. The van der Waals surface area contributed by atoms with Gasteiger partial charge in [0, 0.05) is 12.1 Å². The molecule has 1 fully saturated rings. The molecule has 1 aliphatic heterocycles. The van der Waals surface area contributed by atoms with Gasteiger partial charge < -0.3 is 14.4 Å². The summed E-state index contributed by atoms with van der Waals surface area (Å²) >= 11 is 11.9. The average Bonchev–Trinajstić information content (AvgIpc) is 2.63. The van der Waals surface area contributed by atoms with Crippen LogP contribution in [0.4, 0.5) is 0 Å². The number of morpholine rings is 1. The van der Waals surface area contributed by atoms with E-state index in [9.17, 15) is 4.79 Å². The Hall–Kier alpha value is -1.75. The molecule has 1 unspecified atom stereocenters. The zero-order valence-corrected chi connectivity index (χ0v) is 14.7.